The van der Waals surface area contributed by atoms with Gasteiger partial charge in [-0.25, -0.2) is 9.59 Å². The number of hydrogen-bond acceptors (Lipinski definition) is 5. The Labute approximate surface area is 158 Å². The number of aliphatic imine (C=N–C) groups is 1. The molecule has 2 aromatic rings. The summed E-state index contributed by atoms with van der Waals surface area (Å²) in [6, 6.07) is 13.8. The van der Waals surface area contributed by atoms with Gasteiger partial charge in [-0.2, -0.15) is 0 Å². The van der Waals surface area contributed by atoms with E-state index in [4.69, 9.17) is 14.6 Å². The van der Waals surface area contributed by atoms with Crippen molar-refractivity contribution < 1.29 is 24.2 Å². The number of esters is 1. The summed E-state index contributed by atoms with van der Waals surface area (Å²) in [4.78, 5) is 27.0. The first-order chi connectivity index (χ1) is 13.0. The first-order valence-electron chi connectivity index (χ1n) is 8.80. The second-order valence-corrected chi connectivity index (χ2v) is 5.96. The molecule has 1 atom stereocenters. The number of benzene rings is 2. The van der Waals surface area contributed by atoms with Crippen LogP contribution < -0.4 is 4.74 Å². The Balaban J connectivity index is 1.93. The van der Waals surface area contributed by atoms with E-state index in [2.05, 4.69) is 4.99 Å². The third-order valence-electron chi connectivity index (χ3n) is 3.74. The molecule has 27 heavy (non-hydrogen) atoms. The Bertz CT molecular complexity index is 781. The zero-order valence-electron chi connectivity index (χ0n) is 15.4. The SMILES string of the molecule is CCCCOC(=O)c1ccc(N=Cc2ccc(OC(C)C(=O)O)cc2)cc1. The first-order valence-corrected chi connectivity index (χ1v) is 8.80. The smallest absolute Gasteiger partial charge is 0.344 e. The van der Waals surface area contributed by atoms with Crippen LogP contribution >= 0.6 is 0 Å². The van der Waals surface area contributed by atoms with E-state index in [1.54, 1.807) is 54.7 Å². The van der Waals surface area contributed by atoms with Crippen LogP contribution in [-0.2, 0) is 9.53 Å². The van der Waals surface area contributed by atoms with E-state index in [1.807, 2.05) is 6.92 Å². The zero-order chi connectivity index (χ0) is 19.6. The predicted octanol–water partition coefficient (Wildman–Crippen LogP) is 4.25. The van der Waals surface area contributed by atoms with Crippen molar-refractivity contribution in [1.82, 2.24) is 0 Å². The van der Waals surface area contributed by atoms with Crippen LogP contribution in [0.5, 0.6) is 5.75 Å². The van der Waals surface area contributed by atoms with E-state index in [9.17, 15) is 9.59 Å². The normalized spacial score (nSPS) is 11.9. The maximum absolute atomic E-state index is 11.9. The molecule has 1 unspecified atom stereocenters. The lowest BCUT2D eigenvalue weighted by Crippen LogP contribution is -2.22. The van der Waals surface area contributed by atoms with Gasteiger partial charge >= 0.3 is 11.9 Å². The molecule has 0 heterocycles. The van der Waals surface area contributed by atoms with Gasteiger partial charge in [0.05, 0.1) is 17.9 Å². The highest BCUT2D eigenvalue weighted by atomic mass is 16.5. The van der Waals surface area contributed by atoms with Crippen molar-refractivity contribution >= 4 is 23.8 Å². The minimum absolute atomic E-state index is 0.329. The van der Waals surface area contributed by atoms with Gasteiger partial charge in [0.15, 0.2) is 6.10 Å². The Kier molecular flexibility index (Phi) is 7.55. The Hall–Kier alpha value is -3.15. The molecule has 6 heteroatoms. The molecule has 0 amide bonds. The molecule has 0 spiro atoms. The maximum Gasteiger partial charge on any atom is 0.344 e. The monoisotopic (exact) mass is 369 g/mol. The van der Waals surface area contributed by atoms with Crippen LogP contribution in [-0.4, -0.2) is 36.0 Å². The number of carbonyl (C=O) groups is 2. The van der Waals surface area contributed by atoms with Crippen molar-refractivity contribution in [2.45, 2.75) is 32.8 Å². The lowest BCUT2D eigenvalue weighted by atomic mass is 10.2. The molecule has 0 aliphatic rings. The predicted molar refractivity (Wildman–Crippen MR) is 103 cm³/mol. The number of carboxylic acid groups (broad SMARTS) is 1. The fourth-order valence-corrected chi connectivity index (χ4v) is 2.11. The van der Waals surface area contributed by atoms with Crippen LogP contribution in [0.1, 0.15) is 42.6 Å². The quantitative estimate of drug-likeness (QED) is 0.406. The maximum atomic E-state index is 11.9. The van der Waals surface area contributed by atoms with Crippen molar-refractivity contribution in [3.05, 3.63) is 59.7 Å². The minimum atomic E-state index is -1.02. The summed E-state index contributed by atoms with van der Waals surface area (Å²) < 4.78 is 10.4. The highest BCUT2D eigenvalue weighted by molar-refractivity contribution is 5.90. The number of aliphatic carboxylic acids is 1. The molecular weight excluding hydrogens is 346 g/mol. The average Bonchev–Trinajstić information content (AvgIpc) is 2.68. The standard InChI is InChI=1S/C21H23NO5/c1-3-4-13-26-21(25)17-7-9-18(10-8-17)22-14-16-5-11-19(12-6-16)27-15(2)20(23)24/h5-12,14-15H,3-4,13H2,1-2H3,(H,23,24). The molecule has 0 fully saturated rings. The van der Waals surface area contributed by atoms with Crippen LogP contribution in [0.2, 0.25) is 0 Å². The van der Waals surface area contributed by atoms with Gasteiger partial charge in [0, 0.05) is 6.21 Å². The van der Waals surface area contributed by atoms with Gasteiger partial charge in [0.25, 0.3) is 0 Å². The lowest BCUT2D eigenvalue weighted by Gasteiger charge is -2.09. The van der Waals surface area contributed by atoms with Gasteiger partial charge in [-0.3, -0.25) is 4.99 Å². The van der Waals surface area contributed by atoms with Crippen molar-refractivity contribution in [2.24, 2.45) is 4.99 Å². The van der Waals surface area contributed by atoms with Gasteiger partial charge in [-0.15, -0.1) is 0 Å². The molecule has 0 radical (unpaired) electrons. The summed E-state index contributed by atoms with van der Waals surface area (Å²) in [5.41, 5.74) is 2.05. The number of carbonyl (C=O) groups excluding carboxylic acids is 1. The molecule has 0 saturated carbocycles. The topological polar surface area (TPSA) is 85.2 Å². The molecule has 0 aliphatic heterocycles. The van der Waals surface area contributed by atoms with Gasteiger partial charge in [0.2, 0.25) is 0 Å². The summed E-state index contributed by atoms with van der Waals surface area (Å²) in [5.74, 6) is -0.864. The molecule has 2 aromatic carbocycles. The van der Waals surface area contributed by atoms with Gasteiger partial charge in [-0.1, -0.05) is 13.3 Å². The van der Waals surface area contributed by atoms with Crippen molar-refractivity contribution in [3.63, 3.8) is 0 Å². The van der Waals surface area contributed by atoms with E-state index < -0.39 is 12.1 Å². The molecular formula is C21H23NO5. The number of hydrogen-bond donors (Lipinski definition) is 1. The molecule has 2 rings (SSSR count). The average molecular weight is 369 g/mol. The third-order valence-corrected chi connectivity index (χ3v) is 3.74. The molecule has 0 aliphatic carbocycles. The van der Waals surface area contributed by atoms with Crippen LogP contribution in [0.4, 0.5) is 5.69 Å². The van der Waals surface area contributed by atoms with Crippen LogP contribution in [0.3, 0.4) is 0 Å². The minimum Gasteiger partial charge on any atom is -0.479 e. The van der Waals surface area contributed by atoms with Gasteiger partial charge in [-0.05, 0) is 67.4 Å². The van der Waals surface area contributed by atoms with Crippen molar-refractivity contribution in [2.75, 3.05) is 6.61 Å². The molecule has 0 aromatic heterocycles. The van der Waals surface area contributed by atoms with Crippen LogP contribution in [0.15, 0.2) is 53.5 Å². The second kappa shape index (κ2) is 10.1. The number of ether oxygens (including phenoxy) is 2. The van der Waals surface area contributed by atoms with Crippen LogP contribution in [0.25, 0.3) is 0 Å². The van der Waals surface area contributed by atoms with Crippen molar-refractivity contribution in [1.29, 1.82) is 0 Å². The van der Waals surface area contributed by atoms with E-state index in [1.165, 1.54) is 6.92 Å². The zero-order valence-corrected chi connectivity index (χ0v) is 15.4. The molecule has 0 bridgehead atoms. The Morgan fingerprint density at radius 2 is 1.78 bits per heavy atom. The number of nitrogens with zero attached hydrogens (tertiary/aromatic N) is 1. The number of rotatable bonds is 9. The Morgan fingerprint density at radius 1 is 1.11 bits per heavy atom. The Morgan fingerprint density at radius 3 is 2.37 bits per heavy atom. The van der Waals surface area contributed by atoms with Crippen LogP contribution in [0, 0.1) is 0 Å². The highest BCUT2D eigenvalue weighted by Crippen LogP contribution is 2.16. The van der Waals surface area contributed by atoms with Crippen molar-refractivity contribution in [3.8, 4) is 5.75 Å². The largest absolute Gasteiger partial charge is 0.479 e. The summed E-state index contributed by atoms with van der Waals surface area (Å²) in [6.07, 6.45) is 2.61. The fraction of sp³-hybridized carbons (Fsp3) is 0.286. The summed E-state index contributed by atoms with van der Waals surface area (Å²) in [7, 11) is 0. The van der Waals surface area contributed by atoms with E-state index in [-0.39, 0.29) is 5.97 Å². The summed E-state index contributed by atoms with van der Waals surface area (Å²) in [5, 5.41) is 8.84. The number of carboxylic acids is 1. The molecule has 1 N–H and O–H groups in total. The third kappa shape index (κ3) is 6.58. The molecule has 0 saturated heterocycles. The number of unbranched alkanes of at least 4 members (excludes halogenated alkanes) is 1. The second-order valence-electron chi connectivity index (χ2n) is 5.96. The van der Waals surface area contributed by atoms with Gasteiger partial charge in [0.1, 0.15) is 5.75 Å². The highest BCUT2D eigenvalue weighted by Gasteiger charge is 2.11. The van der Waals surface area contributed by atoms with E-state index >= 15 is 0 Å². The summed E-state index contributed by atoms with van der Waals surface area (Å²) >= 11 is 0. The van der Waals surface area contributed by atoms with E-state index in [0.29, 0.717) is 23.6 Å². The lowest BCUT2D eigenvalue weighted by molar-refractivity contribution is -0.144. The molecule has 6 nitrogen and oxygen atoms in total. The summed E-state index contributed by atoms with van der Waals surface area (Å²) in [6.45, 7) is 3.94. The first kappa shape index (κ1) is 20.2. The van der Waals surface area contributed by atoms with Gasteiger partial charge < -0.3 is 14.6 Å². The fourth-order valence-electron chi connectivity index (χ4n) is 2.11. The molecule has 142 valence electrons. The van der Waals surface area contributed by atoms with E-state index in [0.717, 1.165) is 18.4 Å².